The van der Waals surface area contributed by atoms with Crippen molar-refractivity contribution in [1.82, 2.24) is 5.32 Å². The normalized spacial score (nSPS) is 11.5. The van der Waals surface area contributed by atoms with Gasteiger partial charge >= 0.3 is 0 Å². The maximum atomic E-state index is 13.1. The monoisotopic (exact) mass is 538 g/mol. The molecule has 214 valence electrons. The molecule has 0 unspecified atom stereocenters. The van der Waals surface area contributed by atoms with Crippen LogP contribution >= 0.6 is 0 Å². The molecular formula is C32H46N2O5. The lowest BCUT2D eigenvalue weighted by atomic mass is 9.96. The minimum atomic E-state index is -0.179. The van der Waals surface area contributed by atoms with Gasteiger partial charge in [0.05, 0.1) is 6.61 Å². The molecule has 0 aromatic heterocycles. The van der Waals surface area contributed by atoms with Crippen LogP contribution in [0.1, 0.15) is 101 Å². The lowest BCUT2D eigenvalue weighted by Crippen LogP contribution is -2.26. The maximum Gasteiger partial charge on any atom is 0.224 e. The molecule has 0 spiro atoms. The minimum Gasteiger partial charge on any atom is -0.361 e. The highest BCUT2D eigenvalue weighted by atomic mass is 16.5. The van der Waals surface area contributed by atoms with Crippen LogP contribution in [-0.2, 0) is 25.5 Å². The van der Waals surface area contributed by atoms with Crippen molar-refractivity contribution in [2.75, 3.05) is 18.7 Å². The highest BCUT2D eigenvalue weighted by Crippen LogP contribution is 2.20. The summed E-state index contributed by atoms with van der Waals surface area (Å²) >= 11 is 0. The number of hydrogen-bond donors (Lipinski definition) is 2. The molecule has 0 saturated carbocycles. The second kappa shape index (κ2) is 21.6. The lowest BCUT2D eigenvalue weighted by Gasteiger charge is -2.12. The Bertz CT molecular complexity index is 994. The van der Waals surface area contributed by atoms with Gasteiger partial charge in [-0.25, -0.2) is 0 Å². The van der Waals surface area contributed by atoms with Gasteiger partial charge in [0.15, 0.2) is 5.78 Å². The fourth-order valence-corrected chi connectivity index (χ4v) is 3.71. The summed E-state index contributed by atoms with van der Waals surface area (Å²) in [6, 6.07) is 5.12. The Hall–Kier alpha value is -3.32. The molecule has 39 heavy (non-hydrogen) atoms. The molecule has 0 saturated heterocycles. The van der Waals surface area contributed by atoms with E-state index in [1.165, 1.54) is 0 Å². The highest BCUT2D eigenvalue weighted by molar-refractivity contribution is 6.01. The molecule has 1 rings (SSSR count). The molecule has 1 aromatic carbocycles. The summed E-state index contributed by atoms with van der Waals surface area (Å²) in [5.41, 5.74) is 1.57. The first kappa shape index (κ1) is 33.7. The number of carbonyl (C=O) groups excluding carboxylic acids is 4. The topological polar surface area (TPSA) is 102 Å². The molecule has 0 aliphatic rings. The highest BCUT2D eigenvalue weighted by Gasteiger charge is 2.16. The van der Waals surface area contributed by atoms with Crippen molar-refractivity contribution < 1.29 is 23.9 Å². The number of amides is 2. The Labute approximate surface area is 234 Å². The smallest absolute Gasteiger partial charge is 0.224 e. The lowest BCUT2D eigenvalue weighted by molar-refractivity contribution is -0.122. The number of Topliss-reactive ketones (excluding diaryl/α,β-unsaturated/α-hetero) is 2. The number of ether oxygens (including phenoxy) is 1. The standard InChI is InChI=1S/C32H46N2O5/c1-4-7-10-13-16-28(35)23-26-19-20-27(34-32(38)18-15-12-9-6-3)24-29(26)30(36)21-22-39-25-33-31(37)17-14-11-8-5-2/h7-12,19-20,24H,4-6,13-18,21-23,25H2,1-3H3,(H,33,37)(H,34,38)/b10-7+,11-8+,12-9+. The number of carbonyl (C=O) groups is 4. The van der Waals surface area contributed by atoms with Gasteiger partial charge in [0, 0.05) is 43.4 Å². The van der Waals surface area contributed by atoms with Gasteiger partial charge in [-0.2, -0.15) is 0 Å². The van der Waals surface area contributed by atoms with Crippen LogP contribution in [0.5, 0.6) is 0 Å². The Morgan fingerprint density at radius 3 is 1.95 bits per heavy atom. The quantitative estimate of drug-likeness (QED) is 0.0791. The van der Waals surface area contributed by atoms with E-state index in [9.17, 15) is 19.2 Å². The average molecular weight is 539 g/mol. The number of hydrogen-bond acceptors (Lipinski definition) is 5. The predicted molar refractivity (Wildman–Crippen MR) is 158 cm³/mol. The molecule has 2 amide bonds. The van der Waals surface area contributed by atoms with E-state index in [-0.39, 0.29) is 49.6 Å². The maximum absolute atomic E-state index is 13.1. The first-order valence-corrected chi connectivity index (χ1v) is 14.2. The largest absolute Gasteiger partial charge is 0.361 e. The van der Waals surface area contributed by atoms with Gasteiger partial charge in [-0.05, 0) is 56.2 Å². The van der Waals surface area contributed by atoms with E-state index in [0.717, 1.165) is 19.3 Å². The summed E-state index contributed by atoms with van der Waals surface area (Å²) in [7, 11) is 0. The number of benzene rings is 1. The Balaban J connectivity index is 2.76. The van der Waals surface area contributed by atoms with Crippen molar-refractivity contribution in [2.45, 2.75) is 91.4 Å². The van der Waals surface area contributed by atoms with Crippen LogP contribution in [0.3, 0.4) is 0 Å². The Kier molecular flexibility index (Phi) is 18.7. The van der Waals surface area contributed by atoms with Gasteiger partial charge in [0.2, 0.25) is 11.8 Å². The van der Waals surface area contributed by atoms with E-state index < -0.39 is 0 Å². The summed E-state index contributed by atoms with van der Waals surface area (Å²) < 4.78 is 5.46. The van der Waals surface area contributed by atoms with E-state index in [2.05, 4.69) is 10.6 Å². The second-order valence-electron chi connectivity index (χ2n) is 9.22. The average Bonchev–Trinajstić information content (AvgIpc) is 2.92. The van der Waals surface area contributed by atoms with E-state index in [1.807, 2.05) is 57.2 Å². The summed E-state index contributed by atoms with van der Waals surface area (Å²) in [5.74, 6) is -0.367. The van der Waals surface area contributed by atoms with Gasteiger partial charge in [-0.1, -0.05) is 63.3 Å². The summed E-state index contributed by atoms with van der Waals surface area (Å²) in [6.45, 7) is 6.28. The Morgan fingerprint density at radius 2 is 1.33 bits per heavy atom. The summed E-state index contributed by atoms with van der Waals surface area (Å²) in [4.78, 5) is 49.9. The van der Waals surface area contributed by atoms with E-state index in [0.29, 0.717) is 55.3 Å². The zero-order valence-corrected chi connectivity index (χ0v) is 23.9. The molecule has 0 fully saturated rings. The van der Waals surface area contributed by atoms with Crippen LogP contribution in [0.25, 0.3) is 0 Å². The van der Waals surface area contributed by atoms with Crippen molar-refractivity contribution in [3.05, 3.63) is 65.8 Å². The van der Waals surface area contributed by atoms with Gasteiger partial charge in [0.1, 0.15) is 12.5 Å². The Morgan fingerprint density at radius 1 is 0.744 bits per heavy atom. The molecule has 0 bridgehead atoms. The van der Waals surface area contributed by atoms with Crippen molar-refractivity contribution in [3.63, 3.8) is 0 Å². The van der Waals surface area contributed by atoms with Crippen LogP contribution in [0.2, 0.25) is 0 Å². The van der Waals surface area contributed by atoms with E-state index in [4.69, 9.17) is 4.74 Å². The molecule has 7 heteroatoms. The van der Waals surface area contributed by atoms with Gasteiger partial charge in [0.25, 0.3) is 0 Å². The molecular weight excluding hydrogens is 492 g/mol. The predicted octanol–water partition coefficient (Wildman–Crippen LogP) is 6.64. The van der Waals surface area contributed by atoms with Crippen LogP contribution in [0.4, 0.5) is 5.69 Å². The number of allylic oxidation sites excluding steroid dienone is 6. The number of rotatable bonds is 21. The number of anilines is 1. The van der Waals surface area contributed by atoms with Gasteiger partial charge in [-0.15, -0.1) is 0 Å². The SMILES string of the molecule is CC/C=C/CCC(=O)Cc1ccc(NC(=O)CC/C=C/CC)cc1C(=O)CCOCNC(=O)CC/C=C/CC. The molecule has 1 aromatic rings. The minimum absolute atomic E-state index is 0.0306. The van der Waals surface area contributed by atoms with Gasteiger partial charge < -0.3 is 15.4 Å². The fraction of sp³-hybridized carbons (Fsp3) is 0.500. The third-order valence-electron chi connectivity index (χ3n) is 5.80. The fourth-order valence-electron chi connectivity index (χ4n) is 3.71. The summed E-state index contributed by atoms with van der Waals surface area (Å²) in [5, 5.41) is 5.54. The molecule has 0 radical (unpaired) electrons. The molecule has 7 nitrogen and oxygen atoms in total. The first-order chi connectivity index (χ1) is 18.9. The van der Waals surface area contributed by atoms with Crippen molar-refractivity contribution in [3.8, 4) is 0 Å². The van der Waals surface area contributed by atoms with Crippen LogP contribution in [-0.4, -0.2) is 36.7 Å². The molecule has 2 N–H and O–H groups in total. The first-order valence-electron chi connectivity index (χ1n) is 14.2. The number of nitrogens with one attached hydrogen (secondary N) is 2. The van der Waals surface area contributed by atoms with Crippen LogP contribution in [0.15, 0.2) is 54.7 Å². The molecule has 0 aliphatic heterocycles. The number of ketones is 2. The van der Waals surface area contributed by atoms with Crippen molar-refractivity contribution in [2.24, 2.45) is 0 Å². The molecule has 0 heterocycles. The van der Waals surface area contributed by atoms with Crippen molar-refractivity contribution in [1.29, 1.82) is 0 Å². The van der Waals surface area contributed by atoms with Gasteiger partial charge in [-0.3, -0.25) is 19.2 Å². The third-order valence-corrected chi connectivity index (χ3v) is 5.80. The summed E-state index contributed by atoms with van der Waals surface area (Å²) in [6.07, 6.45) is 18.2. The molecule has 0 atom stereocenters. The van der Waals surface area contributed by atoms with Crippen LogP contribution in [0, 0.1) is 0 Å². The second-order valence-corrected chi connectivity index (χ2v) is 9.22. The zero-order valence-electron chi connectivity index (χ0n) is 23.9. The van der Waals surface area contributed by atoms with Crippen molar-refractivity contribution >= 4 is 29.1 Å². The molecule has 0 aliphatic carbocycles. The zero-order chi connectivity index (χ0) is 28.7. The van der Waals surface area contributed by atoms with E-state index in [1.54, 1.807) is 18.2 Å². The van der Waals surface area contributed by atoms with E-state index >= 15 is 0 Å². The van der Waals surface area contributed by atoms with Crippen LogP contribution < -0.4 is 10.6 Å². The third kappa shape index (κ3) is 16.3.